The Hall–Kier alpha value is -0.680. The van der Waals surface area contributed by atoms with Crippen molar-refractivity contribution in [2.45, 2.75) is 31.6 Å². The van der Waals surface area contributed by atoms with Crippen LogP contribution in [0.25, 0.3) is 0 Å². The minimum Gasteiger partial charge on any atom is -0.398 e. The van der Waals surface area contributed by atoms with Crippen molar-refractivity contribution in [1.29, 1.82) is 0 Å². The molecule has 0 aliphatic heterocycles. The Morgan fingerprint density at radius 1 is 1.37 bits per heavy atom. The molecule has 19 heavy (non-hydrogen) atoms. The first-order valence-corrected chi connectivity index (χ1v) is 8.32. The lowest BCUT2D eigenvalue weighted by Crippen LogP contribution is -2.30. The van der Waals surface area contributed by atoms with Gasteiger partial charge in [0.05, 0.1) is 0 Å². The number of benzene rings is 1. The Morgan fingerprint density at radius 3 is 2.63 bits per heavy atom. The SMILES string of the molecule is CCN(CC)C(=O)CCCSc1ccc(Br)cc1N. The van der Waals surface area contributed by atoms with Crippen molar-refractivity contribution in [3.8, 4) is 0 Å². The quantitative estimate of drug-likeness (QED) is 0.465. The van der Waals surface area contributed by atoms with Crippen LogP contribution >= 0.6 is 27.7 Å². The van der Waals surface area contributed by atoms with Gasteiger partial charge in [-0.15, -0.1) is 11.8 Å². The first kappa shape index (κ1) is 16.4. The third kappa shape index (κ3) is 5.45. The predicted molar refractivity (Wildman–Crippen MR) is 86.4 cm³/mol. The molecule has 1 aromatic rings. The standard InChI is InChI=1S/C14H21BrN2OS/c1-3-17(4-2)14(18)6-5-9-19-13-8-7-11(15)10-12(13)16/h7-8,10H,3-6,9,16H2,1-2H3. The maximum absolute atomic E-state index is 11.8. The van der Waals surface area contributed by atoms with Gasteiger partial charge in [-0.1, -0.05) is 15.9 Å². The number of hydrogen-bond donors (Lipinski definition) is 1. The molecule has 0 aliphatic carbocycles. The molecule has 1 aromatic carbocycles. The molecule has 0 unspecified atom stereocenters. The summed E-state index contributed by atoms with van der Waals surface area (Å²) in [6.07, 6.45) is 1.50. The molecule has 0 bridgehead atoms. The van der Waals surface area contributed by atoms with Crippen LogP contribution in [0.15, 0.2) is 27.6 Å². The van der Waals surface area contributed by atoms with Gasteiger partial charge < -0.3 is 10.6 Å². The van der Waals surface area contributed by atoms with E-state index in [1.54, 1.807) is 11.8 Å². The van der Waals surface area contributed by atoms with E-state index >= 15 is 0 Å². The van der Waals surface area contributed by atoms with Crippen molar-refractivity contribution >= 4 is 39.3 Å². The van der Waals surface area contributed by atoms with E-state index in [2.05, 4.69) is 15.9 Å². The fourth-order valence-corrected chi connectivity index (χ4v) is 3.07. The lowest BCUT2D eigenvalue weighted by molar-refractivity contribution is -0.130. The van der Waals surface area contributed by atoms with Gasteiger partial charge in [0.1, 0.15) is 0 Å². The molecule has 3 nitrogen and oxygen atoms in total. The highest BCUT2D eigenvalue weighted by molar-refractivity contribution is 9.10. The number of rotatable bonds is 7. The van der Waals surface area contributed by atoms with Crippen molar-refractivity contribution in [2.24, 2.45) is 0 Å². The second-order valence-electron chi connectivity index (χ2n) is 4.20. The Kier molecular flexibility index (Phi) is 7.31. The third-order valence-electron chi connectivity index (χ3n) is 2.88. The van der Waals surface area contributed by atoms with E-state index in [0.29, 0.717) is 6.42 Å². The minimum atomic E-state index is 0.245. The Bertz CT molecular complexity index is 422. The van der Waals surface area contributed by atoms with Crippen LogP contribution in [0, 0.1) is 0 Å². The number of nitrogens with two attached hydrogens (primary N) is 1. The van der Waals surface area contributed by atoms with Gasteiger partial charge in [-0.3, -0.25) is 4.79 Å². The van der Waals surface area contributed by atoms with Crippen LogP contribution in [0.4, 0.5) is 5.69 Å². The van der Waals surface area contributed by atoms with Crippen LogP contribution in [0.3, 0.4) is 0 Å². The van der Waals surface area contributed by atoms with Crippen LogP contribution < -0.4 is 5.73 Å². The van der Waals surface area contributed by atoms with E-state index in [1.165, 1.54) is 0 Å². The molecule has 0 heterocycles. The summed E-state index contributed by atoms with van der Waals surface area (Å²) < 4.78 is 0.992. The molecule has 0 fully saturated rings. The molecule has 1 amide bonds. The summed E-state index contributed by atoms with van der Waals surface area (Å²) >= 11 is 5.10. The molecule has 0 aliphatic rings. The molecule has 0 saturated heterocycles. The van der Waals surface area contributed by atoms with Crippen LogP contribution in [-0.2, 0) is 4.79 Å². The van der Waals surface area contributed by atoms with Gasteiger partial charge in [-0.25, -0.2) is 0 Å². The number of amides is 1. The number of carbonyl (C=O) groups is 1. The molecule has 0 saturated carbocycles. The van der Waals surface area contributed by atoms with Crippen LogP contribution in [-0.4, -0.2) is 29.6 Å². The highest BCUT2D eigenvalue weighted by Crippen LogP contribution is 2.28. The number of halogens is 1. The van der Waals surface area contributed by atoms with Crippen LogP contribution in [0.5, 0.6) is 0 Å². The fourth-order valence-electron chi connectivity index (χ4n) is 1.79. The zero-order valence-corrected chi connectivity index (χ0v) is 13.9. The van der Waals surface area contributed by atoms with Crippen molar-refractivity contribution in [3.63, 3.8) is 0 Å². The largest absolute Gasteiger partial charge is 0.398 e. The lowest BCUT2D eigenvalue weighted by Gasteiger charge is -2.18. The highest BCUT2D eigenvalue weighted by Gasteiger charge is 2.09. The van der Waals surface area contributed by atoms with Gasteiger partial charge in [0.25, 0.3) is 0 Å². The molecule has 0 aromatic heterocycles. The third-order valence-corrected chi connectivity index (χ3v) is 4.55. The predicted octanol–water partition coefficient (Wildman–Crippen LogP) is 3.77. The zero-order chi connectivity index (χ0) is 14.3. The molecule has 5 heteroatoms. The molecule has 2 N–H and O–H groups in total. The molecule has 0 atom stereocenters. The van der Waals surface area contributed by atoms with Gasteiger partial charge in [-0.05, 0) is 44.2 Å². The van der Waals surface area contributed by atoms with Gasteiger partial charge >= 0.3 is 0 Å². The van der Waals surface area contributed by atoms with Crippen molar-refractivity contribution < 1.29 is 4.79 Å². The van der Waals surface area contributed by atoms with Gasteiger partial charge in [-0.2, -0.15) is 0 Å². The van der Waals surface area contributed by atoms with Crippen molar-refractivity contribution in [2.75, 3.05) is 24.6 Å². The first-order chi connectivity index (χ1) is 9.08. The van der Waals surface area contributed by atoms with Crippen molar-refractivity contribution in [3.05, 3.63) is 22.7 Å². The smallest absolute Gasteiger partial charge is 0.222 e. The summed E-state index contributed by atoms with van der Waals surface area (Å²) in [4.78, 5) is 14.8. The zero-order valence-electron chi connectivity index (χ0n) is 11.5. The maximum Gasteiger partial charge on any atom is 0.222 e. The average Bonchev–Trinajstić information content (AvgIpc) is 2.38. The van der Waals surface area contributed by atoms with Crippen LogP contribution in [0.2, 0.25) is 0 Å². The van der Waals surface area contributed by atoms with Gasteiger partial charge in [0.2, 0.25) is 5.91 Å². The summed E-state index contributed by atoms with van der Waals surface area (Å²) in [5, 5.41) is 0. The monoisotopic (exact) mass is 344 g/mol. The number of anilines is 1. The molecule has 0 radical (unpaired) electrons. The van der Waals surface area contributed by atoms with E-state index in [1.807, 2.05) is 36.9 Å². The summed E-state index contributed by atoms with van der Waals surface area (Å²) in [5.41, 5.74) is 6.72. The van der Waals surface area contributed by atoms with Gasteiger partial charge in [0.15, 0.2) is 0 Å². The fraction of sp³-hybridized carbons (Fsp3) is 0.500. The highest BCUT2D eigenvalue weighted by atomic mass is 79.9. The Morgan fingerprint density at radius 2 is 2.05 bits per heavy atom. The molecular formula is C14H21BrN2OS. The first-order valence-electron chi connectivity index (χ1n) is 6.54. The van der Waals surface area contributed by atoms with E-state index in [9.17, 15) is 4.79 Å². The molecular weight excluding hydrogens is 324 g/mol. The normalized spacial score (nSPS) is 10.5. The average molecular weight is 345 g/mol. The van der Waals surface area contributed by atoms with Crippen LogP contribution in [0.1, 0.15) is 26.7 Å². The number of nitrogens with zero attached hydrogens (tertiary/aromatic N) is 1. The number of hydrogen-bond acceptors (Lipinski definition) is 3. The summed E-state index contributed by atoms with van der Waals surface area (Å²) in [5.74, 6) is 1.16. The minimum absolute atomic E-state index is 0.245. The molecule has 1 rings (SSSR count). The van der Waals surface area contributed by atoms with Crippen molar-refractivity contribution in [1.82, 2.24) is 4.90 Å². The lowest BCUT2D eigenvalue weighted by atomic mass is 10.3. The summed E-state index contributed by atoms with van der Waals surface area (Å²) in [7, 11) is 0. The molecule has 106 valence electrons. The maximum atomic E-state index is 11.8. The van der Waals surface area contributed by atoms with E-state index in [4.69, 9.17) is 5.73 Å². The summed E-state index contributed by atoms with van der Waals surface area (Å²) in [6.45, 7) is 5.61. The van der Waals surface area contributed by atoms with E-state index < -0.39 is 0 Å². The Labute approximate surface area is 128 Å². The van der Waals surface area contributed by atoms with E-state index in [-0.39, 0.29) is 5.91 Å². The molecule has 0 spiro atoms. The van der Waals surface area contributed by atoms with Gasteiger partial charge in [0, 0.05) is 34.6 Å². The second-order valence-corrected chi connectivity index (χ2v) is 6.25. The van der Waals surface area contributed by atoms with E-state index in [0.717, 1.165) is 40.3 Å². The summed E-state index contributed by atoms with van der Waals surface area (Å²) in [6, 6.07) is 5.90. The second kappa shape index (κ2) is 8.48. The number of thioether (sulfide) groups is 1. The number of carbonyl (C=O) groups excluding carboxylic acids is 1. The topological polar surface area (TPSA) is 46.3 Å². The Balaban J connectivity index is 2.33. The number of nitrogen functional groups attached to an aromatic ring is 1.